The van der Waals surface area contributed by atoms with Crippen LogP contribution in [0.4, 0.5) is 0 Å². The average Bonchev–Trinajstić information content (AvgIpc) is 2.45. The third-order valence-corrected chi connectivity index (χ3v) is 1.95. The third kappa shape index (κ3) is 2.60. The Morgan fingerprint density at radius 3 is 2.79 bits per heavy atom. The van der Waals surface area contributed by atoms with Gasteiger partial charge in [-0.25, -0.2) is 0 Å². The number of furan rings is 1. The molecule has 0 aromatic carbocycles. The van der Waals surface area contributed by atoms with Crippen LogP contribution in [-0.2, 0) is 0 Å². The number of nitrogens with two attached hydrogens (primary N) is 1. The first-order valence-corrected chi connectivity index (χ1v) is 4.70. The molecule has 0 aliphatic rings. The molecule has 0 saturated heterocycles. The lowest BCUT2D eigenvalue weighted by molar-refractivity contribution is 0.0952. The van der Waals surface area contributed by atoms with Crippen molar-refractivity contribution in [2.45, 2.75) is 20.3 Å². The molecule has 1 amide bonds. The van der Waals surface area contributed by atoms with E-state index in [1.54, 1.807) is 13.0 Å². The molecule has 4 heteroatoms. The molecular formula is C10H16N2O2. The third-order valence-electron chi connectivity index (χ3n) is 1.95. The van der Waals surface area contributed by atoms with Crippen molar-refractivity contribution in [2.75, 3.05) is 13.1 Å². The number of rotatable bonds is 4. The molecule has 1 heterocycles. The summed E-state index contributed by atoms with van der Waals surface area (Å²) in [6, 6.07) is 1.74. The van der Waals surface area contributed by atoms with Crippen LogP contribution in [0.1, 0.15) is 28.3 Å². The van der Waals surface area contributed by atoms with Crippen molar-refractivity contribution in [1.82, 2.24) is 5.32 Å². The van der Waals surface area contributed by atoms with Gasteiger partial charge in [-0.1, -0.05) is 0 Å². The summed E-state index contributed by atoms with van der Waals surface area (Å²) < 4.78 is 5.26. The van der Waals surface area contributed by atoms with Gasteiger partial charge < -0.3 is 15.5 Å². The van der Waals surface area contributed by atoms with Gasteiger partial charge in [-0.05, 0) is 32.9 Å². The molecule has 1 aromatic rings. The van der Waals surface area contributed by atoms with Crippen LogP contribution in [0, 0.1) is 13.8 Å². The summed E-state index contributed by atoms with van der Waals surface area (Å²) in [5.74, 6) is 1.33. The molecule has 0 bridgehead atoms. The van der Waals surface area contributed by atoms with Gasteiger partial charge >= 0.3 is 0 Å². The minimum atomic E-state index is -0.0900. The zero-order chi connectivity index (χ0) is 10.6. The Kier molecular flexibility index (Phi) is 3.71. The van der Waals surface area contributed by atoms with E-state index < -0.39 is 0 Å². The second kappa shape index (κ2) is 4.81. The predicted molar refractivity (Wildman–Crippen MR) is 54.2 cm³/mol. The fraction of sp³-hybridized carbons (Fsp3) is 0.500. The van der Waals surface area contributed by atoms with Crippen molar-refractivity contribution in [3.63, 3.8) is 0 Å². The minimum Gasteiger partial charge on any atom is -0.466 e. The van der Waals surface area contributed by atoms with Crippen LogP contribution in [0.5, 0.6) is 0 Å². The number of hydrogen-bond acceptors (Lipinski definition) is 3. The lowest BCUT2D eigenvalue weighted by Gasteiger charge is -2.01. The molecule has 0 aliphatic carbocycles. The molecule has 0 fully saturated rings. The van der Waals surface area contributed by atoms with Gasteiger partial charge in [0.25, 0.3) is 5.91 Å². The Bertz CT molecular complexity index is 318. The van der Waals surface area contributed by atoms with E-state index in [1.165, 1.54) is 0 Å². The Morgan fingerprint density at radius 2 is 2.29 bits per heavy atom. The molecule has 4 nitrogen and oxygen atoms in total. The molecule has 1 aromatic heterocycles. The van der Waals surface area contributed by atoms with Crippen molar-refractivity contribution in [3.8, 4) is 0 Å². The largest absolute Gasteiger partial charge is 0.466 e. The number of aryl methyl sites for hydroxylation is 2. The lowest BCUT2D eigenvalue weighted by atomic mass is 10.2. The molecule has 0 spiro atoms. The first kappa shape index (κ1) is 10.8. The van der Waals surface area contributed by atoms with Gasteiger partial charge in [-0.2, -0.15) is 0 Å². The molecule has 0 aliphatic heterocycles. The summed E-state index contributed by atoms with van der Waals surface area (Å²) in [6.45, 7) is 4.80. The topological polar surface area (TPSA) is 68.3 Å². The molecule has 0 atom stereocenters. The van der Waals surface area contributed by atoms with Crippen molar-refractivity contribution >= 4 is 5.91 Å². The van der Waals surface area contributed by atoms with Crippen LogP contribution in [-0.4, -0.2) is 19.0 Å². The quantitative estimate of drug-likeness (QED) is 0.705. The highest BCUT2D eigenvalue weighted by Gasteiger charge is 2.12. The SMILES string of the molecule is Cc1cc(C(=O)NCCCN)c(C)o1. The smallest absolute Gasteiger partial charge is 0.254 e. The van der Waals surface area contributed by atoms with Gasteiger partial charge in [0.15, 0.2) is 0 Å². The van der Waals surface area contributed by atoms with Gasteiger partial charge in [-0.3, -0.25) is 4.79 Å². The number of amides is 1. The highest BCUT2D eigenvalue weighted by atomic mass is 16.3. The first-order chi connectivity index (χ1) is 6.65. The van der Waals surface area contributed by atoms with Crippen molar-refractivity contribution < 1.29 is 9.21 Å². The summed E-state index contributed by atoms with van der Waals surface area (Å²) in [5.41, 5.74) is 5.93. The highest BCUT2D eigenvalue weighted by Crippen LogP contribution is 2.12. The number of hydrogen-bond donors (Lipinski definition) is 2. The van der Waals surface area contributed by atoms with Crippen LogP contribution >= 0.6 is 0 Å². The molecular weight excluding hydrogens is 180 g/mol. The van der Waals surface area contributed by atoms with Gasteiger partial charge in [0.2, 0.25) is 0 Å². The van der Waals surface area contributed by atoms with E-state index in [-0.39, 0.29) is 5.91 Å². The molecule has 0 saturated carbocycles. The molecule has 0 unspecified atom stereocenters. The van der Waals surface area contributed by atoms with Crippen LogP contribution in [0.2, 0.25) is 0 Å². The standard InChI is InChI=1S/C10H16N2O2/c1-7-6-9(8(2)14-7)10(13)12-5-3-4-11/h6H,3-5,11H2,1-2H3,(H,12,13). The molecule has 78 valence electrons. The molecule has 14 heavy (non-hydrogen) atoms. The van der Waals surface area contributed by atoms with Gasteiger partial charge in [0.05, 0.1) is 5.56 Å². The van der Waals surface area contributed by atoms with Gasteiger partial charge in [0, 0.05) is 6.54 Å². The molecule has 3 N–H and O–H groups in total. The van der Waals surface area contributed by atoms with E-state index in [4.69, 9.17) is 10.2 Å². The van der Waals surface area contributed by atoms with Crippen LogP contribution in [0.15, 0.2) is 10.5 Å². The van der Waals surface area contributed by atoms with E-state index in [2.05, 4.69) is 5.32 Å². The van der Waals surface area contributed by atoms with E-state index in [9.17, 15) is 4.79 Å². The maximum atomic E-state index is 11.5. The zero-order valence-electron chi connectivity index (χ0n) is 8.59. The van der Waals surface area contributed by atoms with Crippen LogP contribution in [0.25, 0.3) is 0 Å². The van der Waals surface area contributed by atoms with Crippen molar-refractivity contribution in [1.29, 1.82) is 0 Å². The Morgan fingerprint density at radius 1 is 1.57 bits per heavy atom. The summed E-state index contributed by atoms with van der Waals surface area (Å²) in [6.07, 6.45) is 0.793. The maximum Gasteiger partial charge on any atom is 0.254 e. The second-order valence-corrected chi connectivity index (χ2v) is 3.23. The van der Waals surface area contributed by atoms with E-state index in [0.29, 0.717) is 24.4 Å². The number of carbonyl (C=O) groups excluding carboxylic acids is 1. The van der Waals surface area contributed by atoms with E-state index in [0.717, 1.165) is 12.2 Å². The zero-order valence-corrected chi connectivity index (χ0v) is 8.59. The van der Waals surface area contributed by atoms with Crippen LogP contribution < -0.4 is 11.1 Å². The molecule has 1 rings (SSSR count). The highest BCUT2D eigenvalue weighted by molar-refractivity contribution is 5.95. The van der Waals surface area contributed by atoms with Crippen LogP contribution in [0.3, 0.4) is 0 Å². The first-order valence-electron chi connectivity index (χ1n) is 4.70. The normalized spacial score (nSPS) is 10.2. The summed E-state index contributed by atoms with van der Waals surface area (Å²) >= 11 is 0. The second-order valence-electron chi connectivity index (χ2n) is 3.23. The van der Waals surface area contributed by atoms with Crippen molar-refractivity contribution in [2.24, 2.45) is 5.73 Å². The average molecular weight is 196 g/mol. The van der Waals surface area contributed by atoms with Gasteiger partial charge in [-0.15, -0.1) is 0 Å². The summed E-state index contributed by atoms with van der Waals surface area (Å²) in [5, 5.41) is 2.78. The molecule has 0 radical (unpaired) electrons. The van der Waals surface area contributed by atoms with E-state index in [1.807, 2.05) is 6.92 Å². The Balaban J connectivity index is 2.56. The monoisotopic (exact) mass is 196 g/mol. The van der Waals surface area contributed by atoms with Gasteiger partial charge in [0.1, 0.15) is 11.5 Å². The summed E-state index contributed by atoms with van der Waals surface area (Å²) in [7, 11) is 0. The fourth-order valence-corrected chi connectivity index (χ4v) is 1.26. The Labute approximate surface area is 83.5 Å². The maximum absolute atomic E-state index is 11.5. The summed E-state index contributed by atoms with van der Waals surface area (Å²) in [4.78, 5) is 11.5. The minimum absolute atomic E-state index is 0.0900. The van der Waals surface area contributed by atoms with E-state index >= 15 is 0 Å². The fourth-order valence-electron chi connectivity index (χ4n) is 1.26. The predicted octanol–water partition coefficient (Wildman–Crippen LogP) is 0.975. The number of nitrogens with one attached hydrogen (secondary N) is 1. The lowest BCUT2D eigenvalue weighted by Crippen LogP contribution is -2.26. The Hall–Kier alpha value is -1.29. The number of carbonyl (C=O) groups is 1. The van der Waals surface area contributed by atoms with Crippen molar-refractivity contribution in [3.05, 3.63) is 23.2 Å².